The number of likely N-dealkylation sites (N-methyl/N-ethyl adjacent to an activating group) is 1. The third-order valence-electron chi connectivity index (χ3n) is 1.43. The number of nitrogens with one attached hydrogen (secondary N) is 1. The van der Waals surface area contributed by atoms with E-state index in [-0.39, 0.29) is 0 Å². The molecule has 0 saturated carbocycles. The molecule has 0 rings (SSSR count). The van der Waals surface area contributed by atoms with Crippen molar-refractivity contribution in [3.63, 3.8) is 0 Å². The van der Waals surface area contributed by atoms with Crippen LogP contribution in [0.2, 0.25) is 0 Å². The molecule has 0 aliphatic rings. The van der Waals surface area contributed by atoms with Gasteiger partial charge in [0.25, 0.3) is 0 Å². The van der Waals surface area contributed by atoms with Crippen molar-refractivity contribution in [2.75, 3.05) is 13.6 Å². The van der Waals surface area contributed by atoms with Gasteiger partial charge in [-0.25, -0.2) is 0 Å². The Morgan fingerprint density at radius 3 is 1.90 bits per heavy atom. The lowest BCUT2D eigenvalue weighted by atomic mass is 10.3. The van der Waals surface area contributed by atoms with Crippen LogP contribution >= 0.6 is 0 Å². The van der Waals surface area contributed by atoms with E-state index < -0.39 is 0 Å². The zero-order chi connectivity index (χ0) is 16.6. The normalized spacial score (nSPS) is 10.2. The molecule has 0 fully saturated rings. The predicted octanol–water partition coefficient (Wildman–Crippen LogP) is 4.98. The average molecular weight is 280 g/mol. The Balaban J connectivity index is -0.000000119. The summed E-state index contributed by atoms with van der Waals surface area (Å²) in [5.74, 6) is 0. The summed E-state index contributed by atoms with van der Waals surface area (Å²) in [4.78, 5) is 0. The first-order chi connectivity index (χ1) is 9.72. The second-order valence-electron chi connectivity index (χ2n) is 2.91. The summed E-state index contributed by atoms with van der Waals surface area (Å²) in [7, 11) is 1.91. The highest BCUT2D eigenvalue weighted by atomic mass is 14.8. The molecule has 0 amide bonds. The zero-order valence-corrected chi connectivity index (χ0v) is 14.6. The van der Waals surface area contributed by atoms with E-state index in [0.29, 0.717) is 0 Å². The molecule has 3 N–H and O–H groups in total. The van der Waals surface area contributed by atoms with Crippen LogP contribution in [0, 0.1) is 0 Å². The topological polar surface area (TPSA) is 38.0 Å². The van der Waals surface area contributed by atoms with Gasteiger partial charge in [-0.05, 0) is 33.0 Å². The highest BCUT2D eigenvalue weighted by Gasteiger charge is 1.75. The molecule has 0 saturated heterocycles. The molecular weight excluding hydrogens is 244 g/mol. The Hall–Kier alpha value is -1.54. The van der Waals surface area contributed by atoms with Crippen molar-refractivity contribution in [3.05, 3.63) is 60.9 Å². The van der Waals surface area contributed by atoms with Crippen LogP contribution in [-0.2, 0) is 0 Å². The molecule has 0 spiro atoms. The molecule has 2 nitrogen and oxygen atoms in total. The minimum atomic E-state index is 0.778. The van der Waals surface area contributed by atoms with E-state index in [9.17, 15) is 0 Å². The van der Waals surface area contributed by atoms with E-state index in [4.69, 9.17) is 5.73 Å². The Labute approximate surface area is 127 Å². The molecule has 0 aliphatic carbocycles. The molecule has 118 valence electrons. The number of allylic oxidation sites excluding steroid dienone is 7. The monoisotopic (exact) mass is 280 g/mol. The summed E-state index contributed by atoms with van der Waals surface area (Å²) in [6.45, 7) is 16.2. The van der Waals surface area contributed by atoms with Gasteiger partial charge >= 0.3 is 0 Å². The van der Waals surface area contributed by atoms with Gasteiger partial charge in [0.1, 0.15) is 0 Å². The van der Waals surface area contributed by atoms with Crippen LogP contribution in [0.5, 0.6) is 0 Å². The van der Waals surface area contributed by atoms with Crippen LogP contribution in [0.4, 0.5) is 0 Å². The minimum Gasteiger partial charge on any atom is -0.399 e. The fraction of sp³-hybridized carbons (Fsp3) is 0.444. The lowest BCUT2D eigenvalue weighted by Gasteiger charge is -1.88. The van der Waals surface area contributed by atoms with Crippen molar-refractivity contribution < 1.29 is 0 Å². The standard InChI is InChI=1S/C9H16N2.C5H8.2C2H6/c1-3-6-9(10)7-4-5-8-11-2;1-3-5-4-2;2*1-2/h3-7,11H,8,10H2,1-2H3;3-5H,1H2,2H3;2*1-2H3/b5-4+,6-3-,9-7+;5-4+;;. The van der Waals surface area contributed by atoms with Crippen LogP contribution in [0.1, 0.15) is 41.5 Å². The van der Waals surface area contributed by atoms with Crippen molar-refractivity contribution in [2.24, 2.45) is 5.73 Å². The van der Waals surface area contributed by atoms with Gasteiger partial charge in [0, 0.05) is 12.2 Å². The maximum absolute atomic E-state index is 5.57. The van der Waals surface area contributed by atoms with Gasteiger partial charge in [0.2, 0.25) is 0 Å². The first-order valence-corrected chi connectivity index (χ1v) is 7.36. The number of rotatable bonds is 5. The quantitative estimate of drug-likeness (QED) is 0.697. The first-order valence-electron chi connectivity index (χ1n) is 7.36. The van der Waals surface area contributed by atoms with Crippen LogP contribution in [-0.4, -0.2) is 13.6 Å². The van der Waals surface area contributed by atoms with Gasteiger partial charge in [0.05, 0.1) is 0 Å². The van der Waals surface area contributed by atoms with Crippen LogP contribution in [0.15, 0.2) is 60.9 Å². The van der Waals surface area contributed by atoms with Crippen LogP contribution in [0.3, 0.4) is 0 Å². The van der Waals surface area contributed by atoms with Gasteiger partial charge in [0.15, 0.2) is 0 Å². The lowest BCUT2D eigenvalue weighted by molar-refractivity contribution is 0.919. The molecule has 0 unspecified atom stereocenters. The maximum atomic E-state index is 5.57. The number of nitrogens with two attached hydrogens (primary N) is 1. The van der Waals surface area contributed by atoms with Crippen molar-refractivity contribution in [1.82, 2.24) is 5.32 Å². The van der Waals surface area contributed by atoms with Crippen LogP contribution < -0.4 is 11.1 Å². The van der Waals surface area contributed by atoms with Crippen molar-refractivity contribution in [1.29, 1.82) is 0 Å². The van der Waals surface area contributed by atoms with Crippen molar-refractivity contribution in [2.45, 2.75) is 41.5 Å². The summed E-state index contributed by atoms with van der Waals surface area (Å²) in [6.07, 6.45) is 15.2. The minimum absolute atomic E-state index is 0.778. The fourth-order valence-electron chi connectivity index (χ4n) is 0.749. The molecule has 0 atom stereocenters. The average Bonchev–Trinajstić information content (AvgIpc) is 2.50. The summed E-state index contributed by atoms with van der Waals surface area (Å²) in [6, 6.07) is 0. The van der Waals surface area contributed by atoms with Gasteiger partial charge in [-0.3, -0.25) is 0 Å². The molecular formula is C18H36N2. The molecule has 0 aromatic carbocycles. The SMILES string of the molecule is C=C/C=C/C.CC.CC.C\C=C/C(N)=C\C=C\CNC. The first kappa shape index (κ1) is 26.9. The third kappa shape index (κ3) is 44.0. The molecule has 0 aliphatic heterocycles. The summed E-state index contributed by atoms with van der Waals surface area (Å²) in [5.41, 5.74) is 6.35. The fourth-order valence-corrected chi connectivity index (χ4v) is 0.749. The highest BCUT2D eigenvalue weighted by molar-refractivity contribution is 5.20. The summed E-state index contributed by atoms with van der Waals surface area (Å²) in [5, 5.41) is 3.00. The molecule has 2 heteroatoms. The smallest absolute Gasteiger partial charge is 0.0310 e. The third-order valence-corrected chi connectivity index (χ3v) is 1.43. The largest absolute Gasteiger partial charge is 0.399 e. The number of hydrogen-bond acceptors (Lipinski definition) is 2. The van der Waals surface area contributed by atoms with E-state index in [1.807, 2.05) is 91.1 Å². The van der Waals surface area contributed by atoms with E-state index in [1.165, 1.54) is 0 Å². The molecule has 20 heavy (non-hydrogen) atoms. The van der Waals surface area contributed by atoms with Gasteiger partial charge in [-0.1, -0.05) is 70.7 Å². The van der Waals surface area contributed by atoms with E-state index in [1.54, 1.807) is 6.08 Å². The molecule has 0 bridgehead atoms. The van der Waals surface area contributed by atoms with Crippen molar-refractivity contribution in [3.8, 4) is 0 Å². The lowest BCUT2D eigenvalue weighted by Crippen LogP contribution is -2.03. The van der Waals surface area contributed by atoms with Gasteiger partial charge in [-0.2, -0.15) is 0 Å². The molecule has 0 aromatic rings. The Morgan fingerprint density at radius 1 is 1.05 bits per heavy atom. The zero-order valence-electron chi connectivity index (χ0n) is 14.6. The van der Waals surface area contributed by atoms with Gasteiger partial charge < -0.3 is 11.1 Å². The molecule has 0 aromatic heterocycles. The van der Waals surface area contributed by atoms with E-state index in [0.717, 1.165) is 12.2 Å². The predicted molar refractivity (Wildman–Crippen MR) is 97.9 cm³/mol. The van der Waals surface area contributed by atoms with Crippen molar-refractivity contribution >= 4 is 0 Å². The Bertz CT molecular complexity index is 259. The maximum Gasteiger partial charge on any atom is 0.0310 e. The number of hydrogen-bond donors (Lipinski definition) is 2. The Morgan fingerprint density at radius 2 is 1.60 bits per heavy atom. The van der Waals surface area contributed by atoms with E-state index in [2.05, 4.69) is 11.9 Å². The van der Waals surface area contributed by atoms with Crippen LogP contribution in [0.25, 0.3) is 0 Å². The summed E-state index contributed by atoms with van der Waals surface area (Å²) >= 11 is 0. The van der Waals surface area contributed by atoms with Gasteiger partial charge in [-0.15, -0.1) is 0 Å². The second kappa shape index (κ2) is 36.0. The Kier molecular flexibility index (Phi) is 48.5. The molecule has 0 heterocycles. The second-order valence-corrected chi connectivity index (χ2v) is 2.91. The molecule has 0 radical (unpaired) electrons. The van der Waals surface area contributed by atoms with E-state index >= 15 is 0 Å². The summed E-state index contributed by atoms with van der Waals surface area (Å²) < 4.78 is 0. The highest BCUT2D eigenvalue weighted by Crippen LogP contribution is 1.86.